The predicted molar refractivity (Wildman–Crippen MR) is 71.5 cm³/mol. The first kappa shape index (κ1) is 14.7. The number of nitrogens with zero attached hydrogens (tertiary/aromatic N) is 3. The molecule has 1 aromatic carbocycles. The Hall–Kier alpha value is -1.73. The Labute approximate surface area is 116 Å². The SMILES string of the molecule is N/C(CN1CCN(Cc2c(F)cccc2F)CC1)=N/O. The van der Waals surface area contributed by atoms with Crippen LogP contribution in [0, 0.1) is 11.6 Å². The van der Waals surface area contributed by atoms with Crippen molar-refractivity contribution < 1.29 is 14.0 Å². The first-order chi connectivity index (χ1) is 9.60. The second-order valence-electron chi connectivity index (χ2n) is 4.84. The third kappa shape index (κ3) is 3.64. The Balaban J connectivity index is 1.89. The van der Waals surface area contributed by atoms with Gasteiger partial charge in [0.1, 0.15) is 11.6 Å². The molecule has 0 amide bonds. The minimum Gasteiger partial charge on any atom is -0.409 e. The molecule has 1 aromatic rings. The molecule has 0 unspecified atom stereocenters. The topological polar surface area (TPSA) is 65.1 Å². The van der Waals surface area contributed by atoms with Gasteiger partial charge in [-0.05, 0) is 12.1 Å². The Morgan fingerprint density at radius 1 is 1.15 bits per heavy atom. The van der Waals surface area contributed by atoms with Crippen molar-refractivity contribution in [2.45, 2.75) is 6.54 Å². The fraction of sp³-hybridized carbons (Fsp3) is 0.462. The van der Waals surface area contributed by atoms with E-state index in [1.54, 1.807) is 0 Å². The highest BCUT2D eigenvalue weighted by Crippen LogP contribution is 2.15. The van der Waals surface area contributed by atoms with Crippen LogP contribution in [0.1, 0.15) is 5.56 Å². The molecule has 0 atom stereocenters. The fourth-order valence-electron chi connectivity index (χ4n) is 2.27. The zero-order valence-corrected chi connectivity index (χ0v) is 11.1. The van der Waals surface area contributed by atoms with E-state index in [-0.39, 0.29) is 17.9 Å². The summed E-state index contributed by atoms with van der Waals surface area (Å²) in [6.07, 6.45) is 0. The molecule has 2 rings (SSSR count). The van der Waals surface area contributed by atoms with Crippen molar-refractivity contribution in [2.24, 2.45) is 10.9 Å². The summed E-state index contributed by atoms with van der Waals surface area (Å²) in [7, 11) is 0. The molecule has 1 aliphatic rings. The summed E-state index contributed by atoms with van der Waals surface area (Å²) in [5, 5.41) is 11.4. The van der Waals surface area contributed by atoms with E-state index in [0.29, 0.717) is 32.7 Å². The van der Waals surface area contributed by atoms with Gasteiger partial charge in [0, 0.05) is 38.3 Å². The monoisotopic (exact) mass is 284 g/mol. The van der Waals surface area contributed by atoms with Crippen LogP contribution in [-0.4, -0.2) is 53.6 Å². The molecule has 0 radical (unpaired) electrons. The lowest BCUT2D eigenvalue weighted by Crippen LogP contribution is -2.48. The van der Waals surface area contributed by atoms with Crippen molar-refractivity contribution in [2.75, 3.05) is 32.7 Å². The maximum Gasteiger partial charge on any atom is 0.153 e. The molecular weight excluding hydrogens is 266 g/mol. The highest BCUT2D eigenvalue weighted by atomic mass is 19.1. The van der Waals surface area contributed by atoms with Crippen molar-refractivity contribution >= 4 is 5.84 Å². The van der Waals surface area contributed by atoms with Crippen molar-refractivity contribution in [3.8, 4) is 0 Å². The van der Waals surface area contributed by atoms with Crippen molar-refractivity contribution in [1.29, 1.82) is 0 Å². The number of halogens is 2. The van der Waals surface area contributed by atoms with Gasteiger partial charge in [0.2, 0.25) is 0 Å². The number of hydrogen-bond donors (Lipinski definition) is 2. The van der Waals surface area contributed by atoms with Gasteiger partial charge < -0.3 is 10.9 Å². The highest BCUT2D eigenvalue weighted by Gasteiger charge is 2.20. The minimum atomic E-state index is -0.510. The first-order valence-electron chi connectivity index (χ1n) is 6.44. The van der Waals surface area contributed by atoms with Crippen LogP contribution in [0.4, 0.5) is 8.78 Å². The summed E-state index contributed by atoms with van der Waals surface area (Å²) in [5.41, 5.74) is 5.56. The molecule has 0 aliphatic carbocycles. The number of piperazine rings is 1. The molecule has 0 spiro atoms. The zero-order chi connectivity index (χ0) is 14.5. The van der Waals surface area contributed by atoms with Crippen LogP contribution < -0.4 is 5.73 Å². The van der Waals surface area contributed by atoms with Gasteiger partial charge in [0.15, 0.2) is 5.84 Å². The normalized spacial score (nSPS) is 18.4. The average Bonchev–Trinajstić information content (AvgIpc) is 2.44. The number of nitrogens with two attached hydrogens (primary N) is 1. The lowest BCUT2D eigenvalue weighted by atomic mass is 10.1. The van der Waals surface area contributed by atoms with Crippen LogP contribution in [0.15, 0.2) is 23.4 Å². The van der Waals surface area contributed by atoms with Crippen LogP contribution >= 0.6 is 0 Å². The van der Waals surface area contributed by atoms with Crippen LogP contribution in [0.2, 0.25) is 0 Å². The predicted octanol–water partition coefficient (Wildman–Crippen LogP) is 0.829. The lowest BCUT2D eigenvalue weighted by molar-refractivity contribution is 0.136. The van der Waals surface area contributed by atoms with Gasteiger partial charge in [-0.25, -0.2) is 8.78 Å². The Morgan fingerprint density at radius 3 is 2.25 bits per heavy atom. The van der Waals surface area contributed by atoms with E-state index in [9.17, 15) is 8.78 Å². The van der Waals surface area contributed by atoms with Gasteiger partial charge in [-0.1, -0.05) is 11.2 Å². The van der Waals surface area contributed by atoms with Crippen LogP contribution in [-0.2, 0) is 6.54 Å². The molecule has 0 bridgehead atoms. The van der Waals surface area contributed by atoms with E-state index in [0.717, 1.165) is 0 Å². The quantitative estimate of drug-likeness (QED) is 0.372. The van der Waals surface area contributed by atoms with Crippen LogP contribution in [0.3, 0.4) is 0 Å². The van der Waals surface area contributed by atoms with Crippen molar-refractivity contribution in [3.63, 3.8) is 0 Å². The van der Waals surface area contributed by atoms with E-state index >= 15 is 0 Å². The lowest BCUT2D eigenvalue weighted by Gasteiger charge is -2.34. The summed E-state index contributed by atoms with van der Waals surface area (Å²) >= 11 is 0. The summed E-state index contributed by atoms with van der Waals surface area (Å²) in [6, 6.07) is 3.91. The first-order valence-corrected chi connectivity index (χ1v) is 6.44. The molecule has 0 saturated carbocycles. The molecule has 0 aromatic heterocycles. The highest BCUT2D eigenvalue weighted by molar-refractivity contribution is 5.81. The second-order valence-corrected chi connectivity index (χ2v) is 4.84. The molecule has 1 aliphatic heterocycles. The summed E-state index contributed by atoms with van der Waals surface area (Å²) < 4.78 is 27.1. The van der Waals surface area contributed by atoms with E-state index < -0.39 is 11.6 Å². The van der Waals surface area contributed by atoms with Gasteiger partial charge in [-0.2, -0.15) is 0 Å². The third-order valence-electron chi connectivity index (χ3n) is 3.42. The van der Waals surface area contributed by atoms with Gasteiger partial charge in [0.25, 0.3) is 0 Å². The van der Waals surface area contributed by atoms with Crippen molar-refractivity contribution in [1.82, 2.24) is 9.80 Å². The van der Waals surface area contributed by atoms with E-state index in [2.05, 4.69) is 5.16 Å². The minimum absolute atomic E-state index is 0.109. The Morgan fingerprint density at radius 2 is 1.70 bits per heavy atom. The number of hydrogen-bond acceptors (Lipinski definition) is 4. The zero-order valence-electron chi connectivity index (χ0n) is 11.1. The molecule has 20 heavy (non-hydrogen) atoms. The maximum absolute atomic E-state index is 13.6. The molecule has 110 valence electrons. The summed E-state index contributed by atoms with van der Waals surface area (Å²) in [5.74, 6) is -0.855. The molecule has 3 N–H and O–H groups in total. The second kappa shape index (κ2) is 6.62. The number of benzene rings is 1. The Kier molecular flexibility index (Phi) is 4.86. The Bertz CT molecular complexity index is 467. The smallest absolute Gasteiger partial charge is 0.153 e. The van der Waals surface area contributed by atoms with Crippen molar-refractivity contribution in [3.05, 3.63) is 35.4 Å². The standard InChI is InChI=1S/C13H18F2N4O/c14-11-2-1-3-12(15)10(11)8-18-4-6-19(7-5-18)9-13(16)17-20/h1-3,20H,4-9H2,(H2,16,17). The molecule has 1 saturated heterocycles. The van der Waals surface area contributed by atoms with Crippen LogP contribution in [0.25, 0.3) is 0 Å². The van der Waals surface area contributed by atoms with Gasteiger partial charge in [-0.15, -0.1) is 0 Å². The molecule has 1 heterocycles. The number of rotatable bonds is 4. The number of oxime groups is 1. The molecule has 1 fully saturated rings. The molecular formula is C13H18F2N4O. The molecule has 7 heteroatoms. The van der Waals surface area contributed by atoms with E-state index in [4.69, 9.17) is 10.9 Å². The molecule has 5 nitrogen and oxygen atoms in total. The number of amidine groups is 1. The average molecular weight is 284 g/mol. The van der Waals surface area contributed by atoms with Gasteiger partial charge in [0.05, 0.1) is 6.54 Å². The largest absolute Gasteiger partial charge is 0.409 e. The fourth-order valence-corrected chi connectivity index (χ4v) is 2.27. The van der Waals surface area contributed by atoms with Gasteiger partial charge in [-0.3, -0.25) is 9.80 Å². The van der Waals surface area contributed by atoms with E-state index in [1.165, 1.54) is 18.2 Å². The van der Waals surface area contributed by atoms with E-state index in [1.807, 2.05) is 9.80 Å². The third-order valence-corrected chi connectivity index (χ3v) is 3.42. The summed E-state index contributed by atoms with van der Waals surface area (Å²) in [4.78, 5) is 4.02. The summed E-state index contributed by atoms with van der Waals surface area (Å²) in [6.45, 7) is 3.46. The van der Waals surface area contributed by atoms with Gasteiger partial charge >= 0.3 is 0 Å². The maximum atomic E-state index is 13.6. The van der Waals surface area contributed by atoms with Crippen LogP contribution in [0.5, 0.6) is 0 Å².